The lowest BCUT2D eigenvalue weighted by molar-refractivity contribution is -0.123. The van der Waals surface area contributed by atoms with Crippen molar-refractivity contribution in [2.24, 2.45) is 5.10 Å². The Bertz CT molecular complexity index is 579. The van der Waals surface area contributed by atoms with E-state index in [0.29, 0.717) is 17.3 Å². The van der Waals surface area contributed by atoms with E-state index in [0.717, 1.165) is 0 Å². The third-order valence-electron chi connectivity index (χ3n) is 2.35. The highest BCUT2D eigenvalue weighted by Crippen LogP contribution is 2.25. The van der Waals surface area contributed by atoms with Gasteiger partial charge in [0, 0.05) is 0 Å². The fourth-order valence-electron chi connectivity index (χ4n) is 1.45. The van der Waals surface area contributed by atoms with Crippen LogP contribution in [0.4, 0.5) is 0 Å². The average Bonchev–Trinajstić information content (AvgIpc) is 2.98. The number of nitrogens with one attached hydrogen (secondary N) is 1. The first-order valence-electron chi connectivity index (χ1n) is 5.91. The number of rotatable bonds is 6. The fourth-order valence-corrected chi connectivity index (χ4v) is 1.45. The summed E-state index contributed by atoms with van der Waals surface area (Å²) in [5.74, 6) is 1.24. The SMILES string of the molecule is COc1ccccc1OCC(=O)N/N=C/c1ccco1. The smallest absolute Gasteiger partial charge is 0.277 e. The first-order chi connectivity index (χ1) is 9.79. The molecule has 0 saturated carbocycles. The van der Waals surface area contributed by atoms with Crippen molar-refractivity contribution in [3.63, 3.8) is 0 Å². The van der Waals surface area contributed by atoms with Gasteiger partial charge in [0.2, 0.25) is 0 Å². The molecule has 20 heavy (non-hydrogen) atoms. The number of benzene rings is 1. The maximum absolute atomic E-state index is 11.5. The normalized spacial score (nSPS) is 10.4. The molecule has 0 aliphatic carbocycles. The third-order valence-corrected chi connectivity index (χ3v) is 2.35. The van der Waals surface area contributed by atoms with E-state index in [4.69, 9.17) is 13.9 Å². The van der Waals surface area contributed by atoms with E-state index in [1.807, 2.05) is 6.07 Å². The van der Waals surface area contributed by atoms with Crippen molar-refractivity contribution in [2.45, 2.75) is 0 Å². The van der Waals surface area contributed by atoms with Crippen LogP contribution in [-0.4, -0.2) is 25.8 Å². The number of amides is 1. The fraction of sp³-hybridized carbons (Fsp3) is 0.143. The Balaban J connectivity index is 1.80. The predicted octanol–water partition coefficient (Wildman–Crippen LogP) is 1.82. The van der Waals surface area contributed by atoms with Crippen molar-refractivity contribution in [3.05, 3.63) is 48.4 Å². The van der Waals surface area contributed by atoms with Gasteiger partial charge in [0.25, 0.3) is 5.91 Å². The third kappa shape index (κ3) is 3.88. The zero-order chi connectivity index (χ0) is 14.2. The summed E-state index contributed by atoms with van der Waals surface area (Å²) in [6.07, 6.45) is 2.93. The number of carbonyl (C=O) groups excluding carboxylic acids is 1. The minimum atomic E-state index is -0.376. The molecular weight excluding hydrogens is 260 g/mol. The highest BCUT2D eigenvalue weighted by Gasteiger charge is 2.05. The average molecular weight is 274 g/mol. The quantitative estimate of drug-likeness (QED) is 0.644. The van der Waals surface area contributed by atoms with Gasteiger partial charge in [-0.1, -0.05) is 12.1 Å². The van der Waals surface area contributed by atoms with Gasteiger partial charge in [-0.2, -0.15) is 5.10 Å². The zero-order valence-electron chi connectivity index (χ0n) is 10.9. The highest BCUT2D eigenvalue weighted by atomic mass is 16.5. The first kappa shape index (κ1) is 13.7. The van der Waals surface area contributed by atoms with Crippen LogP contribution in [0.15, 0.2) is 52.2 Å². The van der Waals surface area contributed by atoms with Crippen LogP contribution >= 0.6 is 0 Å². The van der Waals surface area contributed by atoms with Gasteiger partial charge in [-0.15, -0.1) is 0 Å². The van der Waals surface area contributed by atoms with E-state index in [2.05, 4.69) is 10.5 Å². The van der Waals surface area contributed by atoms with Crippen molar-refractivity contribution in [1.82, 2.24) is 5.43 Å². The van der Waals surface area contributed by atoms with Gasteiger partial charge < -0.3 is 13.9 Å². The molecule has 6 heteroatoms. The lowest BCUT2D eigenvalue weighted by Crippen LogP contribution is -2.24. The zero-order valence-corrected chi connectivity index (χ0v) is 10.9. The summed E-state index contributed by atoms with van der Waals surface area (Å²) in [5.41, 5.74) is 2.33. The summed E-state index contributed by atoms with van der Waals surface area (Å²) in [6, 6.07) is 10.5. The Kier molecular flexibility index (Phi) is 4.77. The van der Waals surface area contributed by atoms with Crippen molar-refractivity contribution < 1.29 is 18.7 Å². The van der Waals surface area contributed by atoms with Crippen LogP contribution in [0, 0.1) is 0 Å². The standard InChI is InChI=1S/C14H14N2O4/c1-18-12-6-2-3-7-13(12)20-10-14(17)16-15-9-11-5-4-8-19-11/h2-9H,10H2,1H3,(H,16,17)/b15-9+. The van der Waals surface area contributed by atoms with E-state index in [1.165, 1.54) is 19.6 Å². The number of methoxy groups -OCH3 is 1. The van der Waals surface area contributed by atoms with Crippen molar-refractivity contribution in [3.8, 4) is 11.5 Å². The van der Waals surface area contributed by atoms with Crippen LogP contribution in [0.1, 0.15) is 5.76 Å². The van der Waals surface area contributed by atoms with E-state index < -0.39 is 0 Å². The van der Waals surface area contributed by atoms with Gasteiger partial charge in [0.05, 0.1) is 19.6 Å². The molecule has 0 spiro atoms. The minimum Gasteiger partial charge on any atom is -0.493 e. The Morgan fingerprint density at radius 2 is 2.10 bits per heavy atom. The molecule has 0 aliphatic rings. The van der Waals surface area contributed by atoms with Crippen LogP contribution in [0.2, 0.25) is 0 Å². The molecule has 0 bridgehead atoms. The molecule has 1 amide bonds. The molecule has 1 aromatic carbocycles. The molecule has 0 saturated heterocycles. The van der Waals surface area contributed by atoms with Gasteiger partial charge in [-0.3, -0.25) is 4.79 Å². The van der Waals surface area contributed by atoms with E-state index in [-0.39, 0.29) is 12.5 Å². The van der Waals surface area contributed by atoms with Crippen molar-refractivity contribution >= 4 is 12.1 Å². The first-order valence-corrected chi connectivity index (χ1v) is 5.91. The Morgan fingerprint density at radius 3 is 2.80 bits per heavy atom. The van der Waals surface area contributed by atoms with Gasteiger partial charge in [0.15, 0.2) is 18.1 Å². The van der Waals surface area contributed by atoms with Crippen LogP contribution in [0.5, 0.6) is 11.5 Å². The predicted molar refractivity (Wildman–Crippen MR) is 72.9 cm³/mol. The number of nitrogens with zero attached hydrogens (tertiary/aromatic N) is 1. The van der Waals surface area contributed by atoms with Gasteiger partial charge in [-0.05, 0) is 24.3 Å². The number of carbonyl (C=O) groups is 1. The second kappa shape index (κ2) is 6.98. The summed E-state index contributed by atoms with van der Waals surface area (Å²) < 4.78 is 15.5. The van der Waals surface area contributed by atoms with Crippen LogP contribution in [0.25, 0.3) is 0 Å². The summed E-state index contributed by atoms with van der Waals surface area (Å²) in [4.78, 5) is 11.5. The van der Waals surface area contributed by atoms with Gasteiger partial charge in [-0.25, -0.2) is 5.43 Å². The number of ether oxygens (including phenoxy) is 2. The summed E-state index contributed by atoms with van der Waals surface area (Å²) in [5, 5.41) is 3.74. The molecule has 6 nitrogen and oxygen atoms in total. The molecule has 0 radical (unpaired) electrons. The Labute approximate surface area is 116 Å². The van der Waals surface area contributed by atoms with Crippen LogP contribution in [-0.2, 0) is 4.79 Å². The number of para-hydroxylation sites is 2. The lowest BCUT2D eigenvalue weighted by atomic mass is 10.3. The number of furan rings is 1. The van der Waals surface area contributed by atoms with Crippen LogP contribution in [0.3, 0.4) is 0 Å². The van der Waals surface area contributed by atoms with Crippen molar-refractivity contribution in [2.75, 3.05) is 13.7 Å². The Hall–Kier alpha value is -2.76. The molecule has 1 N–H and O–H groups in total. The monoisotopic (exact) mass is 274 g/mol. The summed E-state index contributed by atoms with van der Waals surface area (Å²) >= 11 is 0. The highest BCUT2D eigenvalue weighted by molar-refractivity contribution is 5.81. The number of hydrazone groups is 1. The second-order valence-electron chi connectivity index (χ2n) is 3.75. The van der Waals surface area contributed by atoms with Crippen molar-refractivity contribution in [1.29, 1.82) is 0 Å². The van der Waals surface area contributed by atoms with E-state index >= 15 is 0 Å². The van der Waals surface area contributed by atoms with Gasteiger partial charge in [0.1, 0.15) is 5.76 Å². The molecule has 104 valence electrons. The molecule has 2 aromatic rings. The van der Waals surface area contributed by atoms with E-state index in [9.17, 15) is 4.79 Å². The molecule has 2 rings (SSSR count). The summed E-state index contributed by atoms with van der Waals surface area (Å²) in [6.45, 7) is -0.157. The number of hydrogen-bond acceptors (Lipinski definition) is 5. The summed E-state index contributed by atoms with van der Waals surface area (Å²) in [7, 11) is 1.54. The maximum atomic E-state index is 11.5. The molecule has 1 aromatic heterocycles. The van der Waals surface area contributed by atoms with E-state index in [1.54, 1.807) is 30.3 Å². The molecule has 0 atom stereocenters. The molecule has 1 heterocycles. The van der Waals surface area contributed by atoms with Crippen LogP contribution < -0.4 is 14.9 Å². The second-order valence-corrected chi connectivity index (χ2v) is 3.75. The number of hydrogen-bond donors (Lipinski definition) is 1. The lowest BCUT2D eigenvalue weighted by Gasteiger charge is -2.08. The topological polar surface area (TPSA) is 73.1 Å². The molecule has 0 aliphatic heterocycles. The molecule has 0 fully saturated rings. The molecular formula is C14H14N2O4. The largest absolute Gasteiger partial charge is 0.493 e. The molecule has 0 unspecified atom stereocenters. The minimum absolute atomic E-state index is 0.157. The van der Waals surface area contributed by atoms with Gasteiger partial charge >= 0.3 is 0 Å². The Morgan fingerprint density at radius 1 is 1.30 bits per heavy atom. The maximum Gasteiger partial charge on any atom is 0.277 e.